The lowest BCUT2D eigenvalue weighted by Crippen LogP contribution is -2.33. The molecule has 0 bridgehead atoms. The van der Waals surface area contributed by atoms with E-state index in [1.807, 2.05) is 0 Å². The molecule has 0 saturated carbocycles. The number of benzene rings is 12. The number of nitrogens with zero attached hydrogens (tertiary/aromatic N) is 2. The van der Waals surface area contributed by atoms with E-state index in [-0.39, 0.29) is 0 Å². The SMILES string of the molecule is c1ccc(C2(c3ccccc3)c3ccccc3-c3ccc(N(c4ccc(-c5cccc6ccccc56)cc4)c4ccc5c(c4)c4cccc6c4n5-c4ccccc4C64c5ccccc5-c5ccccc54)cc32)cc1. The van der Waals surface area contributed by atoms with Gasteiger partial charge in [-0.05, 0) is 137 Å². The lowest BCUT2D eigenvalue weighted by Gasteiger charge is -2.39. The summed E-state index contributed by atoms with van der Waals surface area (Å²) in [6, 6.07) is 105. The summed E-state index contributed by atoms with van der Waals surface area (Å²) >= 11 is 0. The van der Waals surface area contributed by atoms with Crippen molar-refractivity contribution in [3.05, 3.63) is 324 Å². The second-order valence-corrected chi connectivity index (χ2v) is 20.3. The van der Waals surface area contributed by atoms with Crippen LogP contribution in [0.25, 0.3) is 71.6 Å². The van der Waals surface area contributed by atoms with Gasteiger partial charge in [-0.1, -0.05) is 231 Å². The monoisotopic (exact) mass is 938 g/mol. The van der Waals surface area contributed by atoms with Crippen molar-refractivity contribution in [3.8, 4) is 39.1 Å². The Hall–Kier alpha value is -9.50. The Kier molecular flexibility index (Phi) is 8.62. The Labute approximate surface area is 430 Å². The number of fused-ring (bicyclic) bond motifs is 16. The van der Waals surface area contributed by atoms with Crippen LogP contribution in [-0.2, 0) is 10.8 Å². The van der Waals surface area contributed by atoms with Gasteiger partial charge in [0.15, 0.2) is 0 Å². The van der Waals surface area contributed by atoms with Crippen LogP contribution >= 0.6 is 0 Å². The molecular weight excluding hydrogens is 893 g/mol. The van der Waals surface area contributed by atoms with Crippen molar-refractivity contribution in [2.45, 2.75) is 10.8 Å². The Morgan fingerprint density at radius 3 is 1.47 bits per heavy atom. The summed E-state index contributed by atoms with van der Waals surface area (Å²) < 4.78 is 2.55. The number of rotatable bonds is 6. The summed E-state index contributed by atoms with van der Waals surface area (Å²) in [4.78, 5) is 2.49. The molecule has 1 aromatic heterocycles. The zero-order valence-corrected chi connectivity index (χ0v) is 40.5. The van der Waals surface area contributed by atoms with Crippen molar-refractivity contribution in [2.24, 2.45) is 0 Å². The molecule has 0 saturated heterocycles. The zero-order valence-electron chi connectivity index (χ0n) is 40.5. The van der Waals surface area contributed by atoms with Gasteiger partial charge in [-0.15, -0.1) is 0 Å². The van der Waals surface area contributed by atoms with Crippen molar-refractivity contribution < 1.29 is 0 Å². The van der Waals surface area contributed by atoms with E-state index in [0.717, 1.165) is 17.1 Å². The predicted molar refractivity (Wildman–Crippen MR) is 307 cm³/mol. The van der Waals surface area contributed by atoms with Crippen LogP contribution in [0, 0.1) is 0 Å². The fraction of sp³-hybridized carbons (Fsp3) is 0.0278. The van der Waals surface area contributed by atoms with Gasteiger partial charge >= 0.3 is 0 Å². The van der Waals surface area contributed by atoms with Gasteiger partial charge in [0.1, 0.15) is 0 Å². The van der Waals surface area contributed by atoms with Crippen LogP contribution in [0.4, 0.5) is 17.1 Å². The zero-order chi connectivity index (χ0) is 48.5. The summed E-state index contributed by atoms with van der Waals surface area (Å²) in [6.07, 6.45) is 0. The highest BCUT2D eigenvalue weighted by atomic mass is 15.1. The molecule has 1 aliphatic heterocycles. The standard InChI is InChI=1S/C72H46N2/c1-3-21-49(22-4-1)71(50-23-5-2-6-24-50)62-31-12-9-28-58(62)59-43-41-53(46-67(59)71)73(51-39-37-48(38-40-51)55-29-17-20-47-19-7-8-25-54(47)55)52-42-44-68-61(45-52)60-30-18-35-66-70(60)74(68)69-36-16-15-34-65(69)72(66)63-32-13-10-26-56(63)57-27-11-14-33-64(57)72/h1-46H. The van der Waals surface area contributed by atoms with E-state index in [0.29, 0.717) is 0 Å². The van der Waals surface area contributed by atoms with Crippen molar-refractivity contribution in [1.82, 2.24) is 4.57 Å². The summed E-state index contributed by atoms with van der Waals surface area (Å²) in [5.41, 5.74) is 23.9. The van der Waals surface area contributed by atoms with Gasteiger partial charge in [0.2, 0.25) is 0 Å². The molecular formula is C72H46N2. The largest absolute Gasteiger partial charge is 0.310 e. The minimum Gasteiger partial charge on any atom is -0.310 e. The predicted octanol–water partition coefficient (Wildman–Crippen LogP) is 18.1. The van der Waals surface area contributed by atoms with E-state index < -0.39 is 10.8 Å². The van der Waals surface area contributed by atoms with E-state index in [1.54, 1.807) is 0 Å². The summed E-state index contributed by atoms with van der Waals surface area (Å²) in [7, 11) is 0. The first kappa shape index (κ1) is 41.2. The van der Waals surface area contributed by atoms with Crippen LogP contribution in [0.5, 0.6) is 0 Å². The van der Waals surface area contributed by atoms with Crippen LogP contribution in [0.15, 0.2) is 279 Å². The lowest BCUT2D eigenvalue weighted by molar-refractivity contribution is 0.748. The van der Waals surface area contributed by atoms with Crippen molar-refractivity contribution in [1.29, 1.82) is 0 Å². The smallest absolute Gasteiger partial charge is 0.0754 e. The highest BCUT2D eigenvalue weighted by Crippen LogP contribution is 2.62. The van der Waals surface area contributed by atoms with Crippen molar-refractivity contribution >= 4 is 49.6 Å². The van der Waals surface area contributed by atoms with Crippen LogP contribution in [0.3, 0.4) is 0 Å². The molecule has 13 aromatic rings. The second-order valence-electron chi connectivity index (χ2n) is 20.3. The maximum atomic E-state index is 2.55. The third-order valence-electron chi connectivity index (χ3n) is 16.9. The Balaban J connectivity index is 0.952. The van der Waals surface area contributed by atoms with Crippen molar-refractivity contribution in [3.63, 3.8) is 0 Å². The van der Waals surface area contributed by atoms with Crippen LogP contribution in [0.2, 0.25) is 0 Å². The first-order chi connectivity index (χ1) is 36.7. The van der Waals surface area contributed by atoms with Gasteiger partial charge in [-0.25, -0.2) is 0 Å². The molecule has 2 heterocycles. The average Bonchev–Trinajstić information content (AvgIpc) is 4.09. The first-order valence-electron chi connectivity index (χ1n) is 25.8. The number of anilines is 3. The highest BCUT2D eigenvalue weighted by molar-refractivity contribution is 6.14. The minimum absolute atomic E-state index is 0.472. The van der Waals surface area contributed by atoms with Crippen molar-refractivity contribution in [2.75, 3.05) is 4.90 Å². The number of aromatic nitrogens is 1. The number of hydrogen-bond donors (Lipinski definition) is 0. The first-order valence-corrected chi connectivity index (χ1v) is 25.8. The molecule has 3 aliphatic rings. The molecule has 0 amide bonds. The Morgan fingerprint density at radius 2 is 0.770 bits per heavy atom. The summed E-state index contributed by atoms with van der Waals surface area (Å²) in [5.74, 6) is 0. The summed E-state index contributed by atoms with van der Waals surface area (Å²) in [5, 5.41) is 4.96. The topological polar surface area (TPSA) is 8.17 Å². The van der Waals surface area contributed by atoms with Gasteiger partial charge in [0.25, 0.3) is 0 Å². The maximum Gasteiger partial charge on any atom is 0.0754 e. The summed E-state index contributed by atoms with van der Waals surface area (Å²) in [6.45, 7) is 0. The third kappa shape index (κ3) is 5.39. The average molecular weight is 939 g/mol. The lowest BCUT2D eigenvalue weighted by atomic mass is 9.65. The van der Waals surface area contributed by atoms with E-state index in [9.17, 15) is 0 Å². The van der Waals surface area contributed by atoms with Crippen LogP contribution in [-0.4, -0.2) is 4.57 Å². The molecule has 2 heteroatoms. The normalized spacial score (nSPS) is 13.9. The molecule has 0 N–H and O–H groups in total. The van der Waals surface area contributed by atoms with Gasteiger partial charge in [-0.2, -0.15) is 0 Å². The van der Waals surface area contributed by atoms with Gasteiger partial charge < -0.3 is 9.47 Å². The quantitative estimate of drug-likeness (QED) is 0.161. The van der Waals surface area contributed by atoms with Crippen LogP contribution in [0.1, 0.15) is 44.5 Å². The molecule has 1 spiro atoms. The number of hydrogen-bond acceptors (Lipinski definition) is 1. The molecule has 0 radical (unpaired) electrons. The maximum absolute atomic E-state index is 2.55. The van der Waals surface area contributed by atoms with E-state index in [4.69, 9.17) is 0 Å². The fourth-order valence-corrected chi connectivity index (χ4v) is 14.0. The van der Waals surface area contributed by atoms with E-state index in [1.165, 1.54) is 116 Å². The Bertz CT molecular complexity index is 4340. The van der Waals surface area contributed by atoms with E-state index >= 15 is 0 Å². The molecule has 74 heavy (non-hydrogen) atoms. The van der Waals surface area contributed by atoms with E-state index in [2.05, 4.69) is 289 Å². The van der Waals surface area contributed by atoms with Gasteiger partial charge in [0.05, 0.1) is 27.6 Å². The van der Waals surface area contributed by atoms with Crippen LogP contribution < -0.4 is 4.90 Å². The van der Waals surface area contributed by atoms with Gasteiger partial charge in [0, 0.05) is 27.8 Å². The fourth-order valence-electron chi connectivity index (χ4n) is 14.0. The van der Waals surface area contributed by atoms with Gasteiger partial charge in [-0.3, -0.25) is 0 Å². The second kappa shape index (κ2) is 15.5. The molecule has 2 aliphatic carbocycles. The number of para-hydroxylation sites is 2. The molecule has 0 unspecified atom stereocenters. The molecule has 344 valence electrons. The minimum atomic E-state index is -0.543. The molecule has 0 fully saturated rings. The molecule has 12 aromatic carbocycles. The third-order valence-corrected chi connectivity index (χ3v) is 16.9. The highest BCUT2D eigenvalue weighted by Gasteiger charge is 2.51. The Morgan fingerprint density at radius 1 is 0.284 bits per heavy atom. The molecule has 16 rings (SSSR count). The molecule has 0 atom stereocenters. The molecule has 2 nitrogen and oxygen atoms in total.